The third-order valence-electron chi connectivity index (χ3n) is 5.66. The molecule has 2 aliphatic rings. The molecule has 2 saturated heterocycles. The van der Waals surface area contributed by atoms with Crippen LogP contribution in [0.2, 0.25) is 0 Å². The van der Waals surface area contributed by atoms with Gasteiger partial charge in [-0.3, -0.25) is 24.4 Å². The van der Waals surface area contributed by atoms with Crippen molar-refractivity contribution in [1.82, 2.24) is 20.0 Å². The lowest BCUT2D eigenvalue weighted by Crippen LogP contribution is -2.41. The van der Waals surface area contributed by atoms with E-state index in [0.29, 0.717) is 37.2 Å². The summed E-state index contributed by atoms with van der Waals surface area (Å²) in [5, 5.41) is 10.2. The fourth-order valence-corrected chi connectivity index (χ4v) is 4.10. The zero-order valence-electron chi connectivity index (χ0n) is 16.3. The topological polar surface area (TPSA) is 98.4 Å². The van der Waals surface area contributed by atoms with Gasteiger partial charge in [0.25, 0.3) is 5.91 Å². The smallest absolute Gasteiger partial charge is 0.255 e. The number of rotatable bonds is 6. The first-order chi connectivity index (χ1) is 14.1. The molecule has 1 unspecified atom stereocenters. The van der Waals surface area contributed by atoms with Crippen LogP contribution in [0.25, 0.3) is 0 Å². The second-order valence-electron chi connectivity index (χ2n) is 7.60. The van der Waals surface area contributed by atoms with Gasteiger partial charge < -0.3 is 10.2 Å². The predicted octanol–water partition coefficient (Wildman–Crippen LogP) is 1.99. The van der Waals surface area contributed by atoms with Crippen LogP contribution in [0, 0.1) is 0 Å². The second kappa shape index (κ2) is 8.57. The lowest BCUT2D eigenvalue weighted by Gasteiger charge is -2.33. The van der Waals surface area contributed by atoms with E-state index in [1.165, 1.54) is 4.90 Å². The Morgan fingerprint density at radius 3 is 2.66 bits per heavy atom. The molecule has 0 spiro atoms. The Morgan fingerprint density at radius 1 is 1.14 bits per heavy atom. The lowest BCUT2D eigenvalue weighted by molar-refractivity contribution is -0.138. The summed E-state index contributed by atoms with van der Waals surface area (Å²) in [5.74, 6) is -0.0830. The molecule has 1 aromatic carbocycles. The Hall–Kier alpha value is -3.00. The standard InChI is InChI=1S/C21H25N5O3/c27-18-8-9-19(28)26(18)12-11-25-10-4-7-16(14-25)20-17(13-22-24-20)23-21(29)15-5-2-1-3-6-15/h1-3,5-6,13,16H,4,7-12,14H2,(H,22,24)(H,23,29). The molecule has 2 fully saturated rings. The van der Waals surface area contributed by atoms with E-state index >= 15 is 0 Å². The predicted molar refractivity (Wildman–Crippen MR) is 107 cm³/mol. The fourth-order valence-electron chi connectivity index (χ4n) is 4.10. The molecule has 0 radical (unpaired) electrons. The van der Waals surface area contributed by atoms with Crippen molar-refractivity contribution in [3.05, 3.63) is 47.8 Å². The number of H-pyrrole nitrogens is 1. The van der Waals surface area contributed by atoms with Crippen molar-refractivity contribution in [2.75, 3.05) is 31.5 Å². The number of piperidine rings is 1. The van der Waals surface area contributed by atoms with Crippen LogP contribution in [0.5, 0.6) is 0 Å². The molecule has 8 heteroatoms. The van der Waals surface area contributed by atoms with Crippen molar-refractivity contribution in [3.8, 4) is 0 Å². The highest BCUT2D eigenvalue weighted by atomic mass is 16.2. The van der Waals surface area contributed by atoms with Crippen LogP contribution >= 0.6 is 0 Å². The second-order valence-corrected chi connectivity index (χ2v) is 7.60. The third-order valence-corrected chi connectivity index (χ3v) is 5.66. The van der Waals surface area contributed by atoms with Gasteiger partial charge in [-0.2, -0.15) is 5.10 Å². The van der Waals surface area contributed by atoms with E-state index in [0.717, 1.165) is 31.6 Å². The van der Waals surface area contributed by atoms with Gasteiger partial charge in [-0.05, 0) is 31.5 Å². The zero-order valence-corrected chi connectivity index (χ0v) is 16.3. The number of aromatic amines is 1. The minimum Gasteiger partial charge on any atom is -0.319 e. The molecule has 3 amide bonds. The van der Waals surface area contributed by atoms with Crippen LogP contribution in [0.15, 0.2) is 36.5 Å². The summed E-state index contributed by atoms with van der Waals surface area (Å²) < 4.78 is 0. The highest BCUT2D eigenvalue weighted by Gasteiger charge is 2.30. The highest BCUT2D eigenvalue weighted by molar-refractivity contribution is 6.04. The Labute approximate surface area is 169 Å². The van der Waals surface area contributed by atoms with E-state index in [1.807, 2.05) is 18.2 Å². The van der Waals surface area contributed by atoms with Gasteiger partial charge in [0.2, 0.25) is 11.8 Å². The molecule has 8 nitrogen and oxygen atoms in total. The molecule has 2 aromatic rings. The number of hydrogen-bond acceptors (Lipinski definition) is 5. The minimum absolute atomic E-state index is 0.0666. The SMILES string of the molecule is O=C(Nc1cn[nH]c1C1CCCN(CCN2C(=O)CCC2=O)C1)c1ccccc1. The van der Waals surface area contributed by atoms with Gasteiger partial charge >= 0.3 is 0 Å². The van der Waals surface area contributed by atoms with Crippen molar-refractivity contribution in [1.29, 1.82) is 0 Å². The molecule has 152 valence electrons. The number of anilines is 1. The Kier molecular flexibility index (Phi) is 5.71. The molecule has 0 bridgehead atoms. The van der Waals surface area contributed by atoms with E-state index in [9.17, 15) is 14.4 Å². The van der Waals surface area contributed by atoms with Crippen LogP contribution in [0.1, 0.15) is 47.7 Å². The first kappa shape index (κ1) is 19.3. The zero-order chi connectivity index (χ0) is 20.2. The molecule has 2 N–H and O–H groups in total. The third kappa shape index (κ3) is 4.37. The first-order valence-electron chi connectivity index (χ1n) is 10.1. The highest BCUT2D eigenvalue weighted by Crippen LogP contribution is 2.30. The van der Waals surface area contributed by atoms with E-state index in [2.05, 4.69) is 20.4 Å². The molecule has 0 aliphatic carbocycles. The van der Waals surface area contributed by atoms with Crippen LogP contribution in [0.3, 0.4) is 0 Å². The Morgan fingerprint density at radius 2 is 1.90 bits per heavy atom. The van der Waals surface area contributed by atoms with Gasteiger partial charge in [0.15, 0.2) is 0 Å². The number of hydrogen-bond donors (Lipinski definition) is 2. The van der Waals surface area contributed by atoms with E-state index in [1.54, 1.807) is 18.3 Å². The normalized spacial score (nSPS) is 20.3. The number of imide groups is 1. The number of likely N-dealkylation sites (tertiary alicyclic amines) is 2. The van der Waals surface area contributed by atoms with E-state index in [4.69, 9.17) is 0 Å². The van der Waals surface area contributed by atoms with Crippen molar-refractivity contribution >= 4 is 23.4 Å². The summed E-state index contributed by atoms with van der Waals surface area (Å²) in [5.41, 5.74) is 2.23. The molecule has 4 rings (SSSR count). The van der Waals surface area contributed by atoms with Crippen LogP contribution < -0.4 is 5.32 Å². The van der Waals surface area contributed by atoms with Crippen molar-refractivity contribution in [2.24, 2.45) is 0 Å². The van der Waals surface area contributed by atoms with Gasteiger partial charge in [-0.1, -0.05) is 18.2 Å². The van der Waals surface area contributed by atoms with Gasteiger partial charge in [-0.15, -0.1) is 0 Å². The minimum atomic E-state index is -0.160. The van der Waals surface area contributed by atoms with Crippen LogP contribution in [-0.2, 0) is 9.59 Å². The average Bonchev–Trinajstić information content (AvgIpc) is 3.33. The molecule has 29 heavy (non-hydrogen) atoms. The maximum absolute atomic E-state index is 12.5. The number of carbonyl (C=O) groups excluding carboxylic acids is 3. The Balaban J connectivity index is 1.37. The number of aromatic nitrogens is 2. The largest absolute Gasteiger partial charge is 0.319 e. The number of benzene rings is 1. The summed E-state index contributed by atoms with van der Waals surface area (Å²) in [7, 11) is 0. The summed E-state index contributed by atoms with van der Waals surface area (Å²) in [6.45, 7) is 2.86. The van der Waals surface area contributed by atoms with Crippen molar-refractivity contribution in [2.45, 2.75) is 31.6 Å². The first-order valence-corrected chi connectivity index (χ1v) is 10.1. The number of carbonyl (C=O) groups is 3. The summed E-state index contributed by atoms with van der Waals surface area (Å²) in [6, 6.07) is 9.09. The van der Waals surface area contributed by atoms with Crippen molar-refractivity contribution < 1.29 is 14.4 Å². The summed E-state index contributed by atoms with van der Waals surface area (Å²) >= 11 is 0. The maximum Gasteiger partial charge on any atom is 0.255 e. The van der Waals surface area contributed by atoms with Gasteiger partial charge in [0, 0.05) is 44.0 Å². The summed E-state index contributed by atoms with van der Waals surface area (Å²) in [6.07, 6.45) is 4.32. The Bertz CT molecular complexity index is 879. The van der Waals surface area contributed by atoms with E-state index < -0.39 is 0 Å². The number of nitrogens with one attached hydrogen (secondary N) is 2. The molecule has 2 aliphatic heterocycles. The van der Waals surface area contributed by atoms with Gasteiger partial charge in [-0.25, -0.2) is 0 Å². The monoisotopic (exact) mass is 395 g/mol. The molecular weight excluding hydrogens is 370 g/mol. The van der Waals surface area contributed by atoms with Gasteiger partial charge in [0.05, 0.1) is 17.6 Å². The summed E-state index contributed by atoms with van der Waals surface area (Å²) in [4.78, 5) is 39.8. The number of amides is 3. The average molecular weight is 395 g/mol. The van der Waals surface area contributed by atoms with Crippen molar-refractivity contribution in [3.63, 3.8) is 0 Å². The quantitative estimate of drug-likeness (QED) is 0.729. The van der Waals surface area contributed by atoms with E-state index in [-0.39, 0.29) is 23.6 Å². The van der Waals surface area contributed by atoms with Gasteiger partial charge in [0.1, 0.15) is 0 Å². The molecule has 1 atom stereocenters. The molecule has 3 heterocycles. The number of nitrogens with zero attached hydrogens (tertiary/aromatic N) is 3. The molecule has 0 saturated carbocycles. The molecular formula is C21H25N5O3. The van der Waals surface area contributed by atoms with Crippen LogP contribution in [0.4, 0.5) is 5.69 Å². The fraction of sp³-hybridized carbons (Fsp3) is 0.429. The van der Waals surface area contributed by atoms with Crippen LogP contribution in [-0.4, -0.2) is 63.9 Å². The maximum atomic E-state index is 12.5. The lowest BCUT2D eigenvalue weighted by atomic mass is 9.94. The molecule has 1 aromatic heterocycles.